The first-order valence-corrected chi connectivity index (χ1v) is 5.09. The Kier molecular flexibility index (Phi) is 2.96. The second-order valence-corrected chi connectivity index (χ2v) is 3.79. The van der Waals surface area contributed by atoms with Crippen molar-refractivity contribution in [2.24, 2.45) is 5.10 Å². The Morgan fingerprint density at radius 1 is 1.38 bits per heavy atom. The summed E-state index contributed by atoms with van der Waals surface area (Å²) in [7, 11) is 0. The molecule has 0 aromatic heterocycles. The smallest absolute Gasteiger partial charge is 0.283 e. The fraction of sp³-hybridized carbons (Fsp3) is 0.300. The zero-order valence-electron chi connectivity index (χ0n) is 8.57. The molecule has 6 heteroatoms. The van der Waals surface area contributed by atoms with Gasteiger partial charge in [0.15, 0.2) is 0 Å². The summed E-state index contributed by atoms with van der Waals surface area (Å²) in [5.41, 5.74) is 0.631. The predicted octanol–water partition coefficient (Wildman–Crippen LogP) is 2.98. The van der Waals surface area contributed by atoms with Gasteiger partial charge in [-0.05, 0) is 19.1 Å². The Hall–Kier alpha value is -1.36. The lowest BCUT2D eigenvalue weighted by Crippen LogP contribution is -2.34. The van der Waals surface area contributed by atoms with E-state index < -0.39 is 6.55 Å². The summed E-state index contributed by atoms with van der Waals surface area (Å²) < 4.78 is 25.1. The Bertz CT molecular complexity index is 422. The zero-order chi connectivity index (χ0) is 11.7. The van der Waals surface area contributed by atoms with Gasteiger partial charge in [-0.1, -0.05) is 23.7 Å². The molecule has 0 atom stereocenters. The number of para-hydroxylation sites is 1. The monoisotopic (exact) mass is 245 g/mol. The highest BCUT2D eigenvalue weighted by atomic mass is 35.5. The van der Waals surface area contributed by atoms with Crippen molar-refractivity contribution in [2.45, 2.75) is 13.5 Å². The molecule has 0 amide bonds. The molecule has 0 bridgehead atoms. The molecule has 0 unspecified atom stereocenters. The van der Waals surface area contributed by atoms with Crippen LogP contribution in [0.25, 0.3) is 0 Å². The van der Waals surface area contributed by atoms with Crippen molar-refractivity contribution in [1.82, 2.24) is 4.90 Å². The van der Waals surface area contributed by atoms with Gasteiger partial charge in [-0.3, -0.25) is 4.90 Å². The fourth-order valence-electron chi connectivity index (χ4n) is 1.50. The molecule has 86 valence electrons. The maximum atomic E-state index is 12.6. The van der Waals surface area contributed by atoms with E-state index in [9.17, 15) is 8.78 Å². The van der Waals surface area contributed by atoms with E-state index in [1.54, 1.807) is 31.2 Å². The van der Waals surface area contributed by atoms with Gasteiger partial charge >= 0.3 is 6.55 Å². The average molecular weight is 246 g/mol. The minimum absolute atomic E-state index is 0.0211. The van der Waals surface area contributed by atoms with Crippen LogP contribution < -0.4 is 5.01 Å². The molecule has 3 nitrogen and oxygen atoms in total. The second kappa shape index (κ2) is 4.25. The topological polar surface area (TPSA) is 18.8 Å². The first-order valence-electron chi connectivity index (χ1n) is 4.71. The van der Waals surface area contributed by atoms with Crippen LogP contribution in [0.3, 0.4) is 0 Å². The number of amidine groups is 1. The van der Waals surface area contributed by atoms with Gasteiger partial charge in [0.1, 0.15) is 12.5 Å². The summed E-state index contributed by atoms with van der Waals surface area (Å²) in [6, 6.07) is 7.02. The molecule has 0 N–H and O–H groups in total. The van der Waals surface area contributed by atoms with Crippen LogP contribution in [-0.2, 0) is 0 Å². The number of anilines is 1. The molecular weight excluding hydrogens is 236 g/mol. The summed E-state index contributed by atoms with van der Waals surface area (Å²) in [5.74, 6) is 0.287. The van der Waals surface area contributed by atoms with E-state index in [0.29, 0.717) is 10.7 Å². The highest BCUT2D eigenvalue weighted by Gasteiger charge is 2.27. The molecule has 0 fully saturated rings. The molecule has 1 aromatic carbocycles. The lowest BCUT2D eigenvalue weighted by molar-refractivity contribution is 0.0268. The van der Waals surface area contributed by atoms with Gasteiger partial charge < -0.3 is 0 Å². The van der Waals surface area contributed by atoms with Crippen molar-refractivity contribution >= 4 is 23.1 Å². The highest BCUT2D eigenvalue weighted by Crippen LogP contribution is 2.28. The second-order valence-electron chi connectivity index (χ2n) is 3.39. The Balaban J connectivity index is 2.24. The van der Waals surface area contributed by atoms with Crippen molar-refractivity contribution in [3.8, 4) is 0 Å². The number of nitrogens with zero attached hydrogens (tertiary/aromatic N) is 3. The molecule has 0 aliphatic carbocycles. The number of alkyl halides is 2. The lowest BCUT2D eigenvalue weighted by atomic mass is 10.3. The van der Waals surface area contributed by atoms with Crippen molar-refractivity contribution < 1.29 is 8.78 Å². The van der Waals surface area contributed by atoms with Gasteiger partial charge in [0.2, 0.25) is 0 Å². The fourth-order valence-corrected chi connectivity index (χ4v) is 1.74. The van der Waals surface area contributed by atoms with Crippen molar-refractivity contribution in [3.05, 3.63) is 29.3 Å². The molecular formula is C10H10ClF2N3. The highest BCUT2D eigenvalue weighted by molar-refractivity contribution is 6.33. The SMILES string of the molecule is CC1=NN(c2ccccc2Cl)CN1C(F)F. The van der Waals surface area contributed by atoms with E-state index in [1.807, 2.05) is 0 Å². The molecule has 0 radical (unpaired) electrons. The molecule has 1 aromatic rings. The first kappa shape index (κ1) is 11.1. The van der Waals surface area contributed by atoms with Crippen LogP contribution in [0.4, 0.5) is 14.5 Å². The van der Waals surface area contributed by atoms with E-state index in [4.69, 9.17) is 11.6 Å². The number of rotatable bonds is 2. The van der Waals surface area contributed by atoms with E-state index in [0.717, 1.165) is 4.90 Å². The van der Waals surface area contributed by atoms with Gasteiger partial charge in [0.05, 0.1) is 10.7 Å². The standard InChI is InChI=1S/C10H10ClF2N3/c1-7-14-16(6-15(7)10(12)13)9-5-3-2-4-8(9)11/h2-5,10H,6H2,1H3. The number of hydrogen-bond donors (Lipinski definition) is 0. The van der Waals surface area contributed by atoms with Gasteiger partial charge in [0.25, 0.3) is 0 Å². The van der Waals surface area contributed by atoms with E-state index in [2.05, 4.69) is 5.10 Å². The normalized spacial score (nSPS) is 15.9. The largest absolute Gasteiger partial charge is 0.317 e. The van der Waals surface area contributed by atoms with Crippen LogP contribution in [0.15, 0.2) is 29.4 Å². The number of benzene rings is 1. The van der Waals surface area contributed by atoms with E-state index >= 15 is 0 Å². The van der Waals surface area contributed by atoms with Crippen LogP contribution in [0.1, 0.15) is 6.92 Å². The van der Waals surface area contributed by atoms with Gasteiger partial charge in [-0.2, -0.15) is 13.9 Å². The molecule has 16 heavy (non-hydrogen) atoms. The lowest BCUT2D eigenvalue weighted by Gasteiger charge is -2.19. The van der Waals surface area contributed by atoms with Crippen molar-refractivity contribution in [3.63, 3.8) is 0 Å². The molecule has 0 saturated heterocycles. The summed E-state index contributed by atoms with van der Waals surface area (Å²) in [4.78, 5) is 0.906. The number of halogens is 3. The van der Waals surface area contributed by atoms with Gasteiger partial charge in [-0.15, -0.1) is 0 Å². The molecule has 1 aliphatic heterocycles. The van der Waals surface area contributed by atoms with Crippen LogP contribution in [0.5, 0.6) is 0 Å². The molecule has 0 spiro atoms. The first-order chi connectivity index (χ1) is 7.59. The average Bonchev–Trinajstić information content (AvgIpc) is 2.61. The molecule has 1 heterocycles. The van der Waals surface area contributed by atoms with E-state index in [1.165, 1.54) is 5.01 Å². The Morgan fingerprint density at radius 2 is 2.06 bits per heavy atom. The third kappa shape index (κ3) is 1.95. The van der Waals surface area contributed by atoms with Crippen LogP contribution in [-0.4, -0.2) is 24.0 Å². The van der Waals surface area contributed by atoms with Crippen molar-refractivity contribution in [2.75, 3.05) is 11.7 Å². The zero-order valence-corrected chi connectivity index (χ0v) is 9.33. The Labute approximate surface area is 96.9 Å². The summed E-state index contributed by atoms with van der Waals surface area (Å²) in [6.07, 6.45) is 0. The number of hydrogen-bond acceptors (Lipinski definition) is 3. The van der Waals surface area contributed by atoms with E-state index in [-0.39, 0.29) is 12.5 Å². The Morgan fingerprint density at radius 3 is 2.62 bits per heavy atom. The van der Waals surface area contributed by atoms with Crippen LogP contribution in [0, 0.1) is 0 Å². The van der Waals surface area contributed by atoms with Gasteiger partial charge in [0, 0.05) is 0 Å². The number of hydrazone groups is 1. The summed E-state index contributed by atoms with van der Waals surface area (Å²) in [5, 5.41) is 5.99. The maximum Gasteiger partial charge on any atom is 0.317 e. The van der Waals surface area contributed by atoms with Crippen LogP contribution >= 0.6 is 11.6 Å². The summed E-state index contributed by atoms with van der Waals surface area (Å²) in [6.45, 7) is -0.979. The molecule has 1 aliphatic rings. The molecule has 0 saturated carbocycles. The molecule has 2 rings (SSSR count). The third-order valence-electron chi connectivity index (χ3n) is 2.33. The predicted molar refractivity (Wildman–Crippen MR) is 59.8 cm³/mol. The van der Waals surface area contributed by atoms with Gasteiger partial charge in [-0.25, -0.2) is 5.01 Å². The summed E-state index contributed by atoms with van der Waals surface area (Å²) >= 11 is 5.96. The minimum atomic E-state index is -2.55. The van der Waals surface area contributed by atoms with Crippen LogP contribution in [0.2, 0.25) is 5.02 Å². The maximum absolute atomic E-state index is 12.6. The van der Waals surface area contributed by atoms with Crippen molar-refractivity contribution in [1.29, 1.82) is 0 Å². The minimum Gasteiger partial charge on any atom is -0.283 e. The quantitative estimate of drug-likeness (QED) is 0.746. The third-order valence-corrected chi connectivity index (χ3v) is 2.65.